The first-order chi connectivity index (χ1) is 12.3. The summed E-state index contributed by atoms with van der Waals surface area (Å²) in [5.41, 5.74) is 0.156. The van der Waals surface area contributed by atoms with Crippen LogP contribution in [0.1, 0.15) is 43.7 Å². The summed E-state index contributed by atoms with van der Waals surface area (Å²) in [7, 11) is -3.78. The van der Waals surface area contributed by atoms with Gasteiger partial charge in [-0.15, -0.1) is 6.42 Å². The van der Waals surface area contributed by atoms with E-state index in [0.717, 1.165) is 24.8 Å². The maximum atomic E-state index is 12.7. The Bertz CT molecular complexity index is 882. The molecule has 0 aromatic heterocycles. The molecule has 0 radical (unpaired) electrons. The van der Waals surface area contributed by atoms with Crippen molar-refractivity contribution in [2.45, 2.75) is 50.0 Å². The highest BCUT2D eigenvalue weighted by Gasteiger charge is 2.30. The minimum Gasteiger partial charge on any atom is -0.373 e. The maximum absolute atomic E-state index is 12.7. The monoisotopic (exact) mass is 371 g/mol. The molecule has 2 N–H and O–H groups in total. The van der Waals surface area contributed by atoms with Crippen molar-refractivity contribution in [2.24, 2.45) is 0 Å². The molecule has 138 valence electrons. The minimum atomic E-state index is -3.78. The number of unbranched alkanes of at least 4 members (excludes halogenated alkanes) is 2. The number of aliphatic hydroxyl groups is 1. The number of benzene rings is 2. The van der Waals surface area contributed by atoms with Gasteiger partial charge in [0.2, 0.25) is 0 Å². The molecule has 0 saturated carbocycles. The standard InChI is InChI=1S/C21H25NO3S/c1-4-6-9-16-21(23,5-2)19-10-7-8-11-20(19)22-26(24,25)18-14-12-17(3)13-15-18/h2,7-8,10-15,22-23H,4,6,9,16H2,1,3H3. The molecule has 0 aliphatic carbocycles. The predicted molar refractivity (Wildman–Crippen MR) is 105 cm³/mol. The molecule has 1 unspecified atom stereocenters. The smallest absolute Gasteiger partial charge is 0.261 e. The molecule has 0 spiro atoms. The van der Waals surface area contributed by atoms with E-state index in [1.54, 1.807) is 48.5 Å². The van der Waals surface area contributed by atoms with Gasteiger partial charge in [0.25, 0.3) is 10.0 Å². The Morgan fingerprint density at radius 2 is 1.77 bits per heavy atom. The number of para-hydroxylation sites is 1. The lowest BCUT2D eigenvalue weighted by molar-refractivity contribution is 0.0880. The van der Waals surface area contributed by atoms with Crippen LogP contribution in [0.3, 0.4) is 0 Å². The van der Waals surface area contributed by atoms with Crippen LogP contribution in [-0.4, -0.2) is 13.5 Å². The first-order valence-corrected chi connectivity index (χ1v) is 10.2. The van der Waals surface area contributed by atoms with Gasteiger partial charge in [-0.25, -0.2) is 8.42 Å². The molecule has 0 bridgehead atoms. The first kappa shape index (κ1) is 20.0. The highest BCUT2D eigenvalue weighted by Crippen LogP contribution is 2.33. The summed E-state index contributed by atoms with van der Waals surface area (Å²) in [5, 5.41) is 10.9. The Morgan fingerprint density at radius 3 is 2.38 bits per heavy atom. The van der Waals surface area contributed by atoms with E-state index >= 15 is 0 Å². The Morgan fingerprint density at radius 1 is 1.12 bits per heavy atom. The van der Waals surface area contributed by atoms with E-state index in [1.807, 2.05) is 6.92 Å². The van der Waals surface area contributed by atoms with Crippen LogP contribution in [0.25, 0.3) is 0 Å². The van der Waals surface area contributed by atoms with Gasteiger partial charge in [0.05, 0.1) is 10.6 Å². The highest BCUT2D eigenvalue weighted by molar-refractivity contribution is 7.92. The lowest BCUT2D eigenvalue weighted by atomic mass is 9.88. The van der Waals surface area contributed by atoms with Crippen LogP contribution in [0, 0.1) is 19.3 Å². The van der Waals surface area contributed by atoms with Crippen molar-refractivity contribution in [1.82, 2.24) is 0 Å². The number of rotatable bonds is 8. The molecule has 0 aliphatic rings. The molecule has 0 saturated heterocycles. The van der Waals surface area contributed by atoms with E-state index in [2.05, 4.69) is 17.6 Å². The van der Waals surface area contributed by atoms with Gasteiger partial charge in [0.1, 0.15) is 0 Å². The van der Waals surface area contributed by atoms with Gasteiger partial charge in [0.15, 0.2) is 5.60 Å². The molecule has 1 atom stereocenters. The van der Waals surface area contributed by atoms with E-state index in [-0.39, 0.29) is 4.90 Å². The first-order valence-electron chi connectivity index (χ1n) is 8.71. The summed E-state index contributed by atoms with van der Waals surface area (Å²) in [5.74, 6) is 2.45. The molecular weight excluding hydrogens is 346 g/mol. The molecule has 4 nitrogen and oxygen atoms in total. The van der Waals surface area contributed by atoms with Crippen molar-refractivity contribution in [3.63, 3.8) is 0 Å². The SMILES string of the molecule is C#CC(O)(CCCCC)c1ccccc1NS(=O)(=O)c1ccc(C)cc1. The van der Waals surface area contributed by atoms with Crippen LogP contribution < -0.4 is 4.72 Å². The average Bonchev–Trinajstić information content (AvgIpc) is 2.62. The Labute approximate surface area is 156 Å². The Balaban J connectivity index is 2.36. The largest absolute Gasteiger partial charge is 0.373 e. The molecule has 0 fully saturated rings. The lowest BCUT2D eigenvalue weighted by Crippen LogP contribution is -2.26. The van der Waals surface area contributed by atoms with E-state index in [4.69, 9.17) is 6.42 Å². The van der Waals surface area contributed by atoms with Crippen molar-refractivity contribution in [1.29, 1.82) is 0 Å². The normalized spacial score (nSPS) is 13.6. The second-order valence-electron chi connectivity index (χ2n) is 6.43. The topological polar surface area (TPSA) is 66.4 Å². The van der Waals surface area contributed by atoms with Gasteiger partial charge in [-0.2, -0.15) is 0 Å². The third kappa shape index (κ3) is 4.66. The molecular formula is C21H25NO3S. The summed E-state index contributed by atoms with van der Waals surface area (Å²) in [6, 6.07) is 13.3. The highest BCUT2D eigenvalue weighted by atomic mass is 32.2. The number of nitrogens with one attached hydrogen (secondary N) is 1. The van der Waals surface area contributed by atoms with Crippen LogP contribution >= 0.6 is 0 Å². The predicted octanol–water partition coefficient (Wildman–Crippen LogP) is 4.20. The summed E-state index contributed by atoms with van der Waals surface area (Å²) < 4.78 is 28.0. The van der Waals surface area contributed by atoms with Crippen molar-refractivity contribution in [2.75, 3.05) is 4.72 Å². The summed E-state index contributed by atoms with van der Waals surface area (Å²) in [6.07, 6.45) is 8.69. The average molecular weight is 372 g/mol. The van der Waals surface area contributed by atoms with E-state index < -0.39 is 15.6 Å². The van der Waals surface area contributed by atoms with Gasteiger partial charge in [-0.1, -0.05) is 61.6 Å². The lowest BCUT2D eigenvalue weighted by Gasteiger charge is -2.25. The summed E-state index contributed by atoms with van der Waals surface area (Å²) >= 11 is 0. The second-order valence-corrected chi connectivity index (χ2v) is 8.11. The van der Waals surface area contributed by atoms with Crippen LogP contribution in [0.2, 0.25) is 0 Å². The van der Waals surface area contributed by atoms with E-state index in [0.29, 0.717) is 17.7 Å². The molecule has 5 heteroatoms. The number of hydrogen-bond acceptors (Lipinski definition) is 3. The molecule has 2 aromatic carbocycles. The number of terminal acetylenes is 1. The van der Waals surface area contributed by atoms with Gasteiger partial charge in [0, 0.05) is 5.56 Å². The third-order valence-corrected chi connectivity index (χ3v) is 5.71. The zero-order chi connectivity index (χ0) is 19.2. The van der Waals surface area contributed by atoms with Gasteiger partial charge >= 0.3 is 0 Å². The quantitative estimate of drug-likeness (QED) is 0.540. The second kappa shape index (κ2) is 8.39. The molecule has 0 amide bonds. The fourth-order valence-corrected chi connectivity index (χ4v) is 3.85. The summed E-state index contributed by atoms with van der Waals surface area (Å²) in [6.45, 7) is 3.96. The Hall–Kier alpha value is -2.29. The van der Waals surface area contributed by atoms with E-state index in [9.17, 15) is 13.5 Å². The molecule has 0 heterocycles. The maximum Gasteiger partial charge on any atom is 0.261 e. The zero-order valence-corrected chi connectivity index (χ0v) is 16.0. The Kier molecular flexibility index (Phi) is 6.47. The number of hydrogen-bond donors (Lipinski definition) is 2. The van der Waals surface area contributed by atoms with E-state index in [1.165, 1.54) is 0 Å². The van der Waals surface area contributed by atoms with Crippen molar-refractivity contribution >= 4 is 15.7 Å². The van der Waals surface area contributed by atoms with Crippen molar-refractivity contribution < 1.29 is 13.5 Å². The number of sulfonamides is 1. The number of anilines is 1. The molecule has 2 aromatic rings. The molecule has 26 heavy (non-hydrogen) atoms. The van der Waals surface area contributed by atoms with Crippen molar-refractivity contribution in [3.8, 4) is 12.3 Å². The zero-order valence-electron chi connectivity index (χ0n) is 15.2. The molecule has 2 rings (SSSR count). The summed E-state index contributed by atoms with van der Waals surface area (Å²) in [4.78, 5) is 0.160. The van der Waals surface area contributed by atoms with Gasteiger partial charge < -0.3 is 5.11 Å². The van der Waals surface area contributed by atoms with Crippen LogP contribution in [0.5, 0.6) is 0 Å². The molecule has 0 aliphatic heterocycles. The van der Waals surface area contributed by atoms with Crippen LogP contribution in [0.15, 0.2) is 53.4 Å². The third-order valence-electron chi connectivity index (χ3n) is 4.33. The fraction of sp³-hybridized carbons (Fsp3) is 0.333. The van der Waals surface area contributed by atoms with Crippen LogP contribution in [-0.2, 0) is 15.6 Å². The number of aryl methyl sites for hydroxylation is 1. The van der Waals surface area contributed by atoms with Crippen molar-refractivity contribution in [3.05, 3.63) is 59.7 Å². The van der Waals surface area contributed by atoms with Gasteiger partial charge in [-0.3, -0.25) is 4.72 Å². The van der Waals surface area contributed by atoms with Crippen LogP contribution in [0.4, 0.5) is 5.69 Å². The minimum absolute atomic E-state index is 0.160. The van der Waals surface area contributed by atoms with Gasteiger partial charge in [-0.05, 0) is 38.0 Å². The fourth-order valence-electron chi connectivity index (χ4n) is 2.77.